The van der Waals surface area contributed by atoms with Gasteiger partial charge in [-0.1, -0.05) is 59.0 Å². The zero-order valence-corrected chi connectivity index (χ0v) is 31.9. The molecule has 0 saturated carbocycles. The first-order chi connectivity index (χ1) is 25.4. The summed E-state index contributed by atoms with van der Waals surface area (Å²) in [5.74, 6) is 6.45. The number of aromatic nitrogens is 2. The number of hydrogen-bond acceptors (Lipinski definition) is 3. The maximum absolute atomic E-state index is 8.51. The second-order valence-corrected chi connectivity index (χ2v) is 23.5. The maximum Gasteiger partial charge on any atom is 0.121 e. The molecule has 0 bridgehead atoms. The van der Waals surface area contributed by atoms with Gasteiger partial charge in [-0.25, -0.2) is 0 Å². The Morgan fingerprint density at radius 1 is 0.812 bits per heavy atom. The molecule has 0 aliphatic heterocycles. The number of benzene rings is 5. The molecule has 0 amide bonds. The van der Waals surface area contributed by atoms with E-state index in [0.717, 1.165) is 49.1 Å². The van der Waals surface area contributed by atoms with E-state index >= 15 is 0 Å². The molecular weight excluding hydrogens is 825 g/mol. The summed E-state index contributed by atoms with van der Waals surface area (Å²) in [5.41, 5.74) is 3.84. The summed E-state index contributed by atoms with van der Waals surface area (Å²) >= 11 is -2.03. The van der Waals surface area contributed by atoms with E-state index in [4.69, 9.17) is 14.0 Å². The Morgan fingerprint density at radius 2 is 1.62 bits per heavy atom. The minimum absolute atomic E-state index is 0. The Balaban J connectivity index is 0.000000211. The van der Waals surface area contributed by atoms with Crippen LogP contribution in [0.3, 0.4) is 0 Å². The minimum Gasteiger partial charge on any atom is -0.501 e. The van der Waals surface area contributed by atoms with E-state index in [1.165, 1.54) is 4.40 Å². The van der Waals surface area contributed by atoms with Gasteiger partial charge in [0.2, 0.25) is 0 Å². The summed E-state index contributed by atoms with van der Waals surface area (Å²) in [4.78, 5) is 8.71. The van der Waals surface area contributed by atoms with E-state index in [2.05, 4.69) is 75.8 Å². The van der Waals surface area contributed by atoms with E-state index in [9.17, 15) is 0 Å². The second-order valence-electron chi connectivity index (χ2n) is 12.9. The number of nitrogens with zero attached hydrogens (tertiary/aromatic N) is 2. The molecular formula is C43H38GeIrN2O-2. The fourth-order valence-corrected chi connectivity index (χ4v) is 9.34. The first-order valence-corrected chi connectivity index (χ1v) is 22.9. The fraction of sp³-hybridized carbons (Fsp3) is 0.163. The first kappa shape index (κ1) is 25.9. The van der Waals surface area contributed by atoms with Crippen molar-refractivity contribution in [1.29, 1.82) is 0 Å². The van der Waals surface area contributed by atoms with Crippen LogP contribution in [-0.2, 0) is 20.1 Å². The van der Waals surface area contributed by atoms with Crippen molar-refractivity contribution in [2.75, 3.05) is 0 Å². The maximum atomic E-state index is 8.51. The van der Waals surface area contributed by atoms with Crippen molar-refractivity contribution in [1.82, 2.24) is 9.97 Å². The number of rotatable bonds is 4. The molecule has 0 atom stereocenters. The molecule has 0 saturated heterocycles. The predicted octanol–water partition coefficient (Wildman–Crippen LogP) is 11.3. The van der Waals surface area contributed by atoms with Gasteiger partial charge in [0, 0.05) is 35.8 Å². The van der Waals surface area contributed by atoms with Gasteiger partial charge in [0.1, 0.15) is 5.58 Å². The van der Waals surface area contributed by atoms with Crippen molar-refractivity contribution in [2.45, 2.75) is 43.9 Å². The molecule has 3 heterocycles. The van der Waals surface area contributed by atoms with Crippen LogP contribution in [0.15, 0.2) is 120 Å². The molecule has 8 rings (SSSR count). The van der Waals surface area contributed by atoms with Crippen molar-refractivity contribution < 1.29 is 34.1 Å². The van der Waals surface area contributed by atoms with Crippen molar-refractivity contribution in [3.05, 3.63) is 139 Å². The normalized spacial score (nSPS) is 14.1. The van der Waals surface area contributed by atoms with E-state index < -0.39 is 49.8 Å². The van der Waals surface area contributed by atoms with E-state index in [1.807, 2.05) is 68.6 Å². The van der Waals surface area contributed by atoms with Gasteiger partial charge in [-0.05, 0) is 52.3 Å². The van der Waals surface area contributed by atoms with Gasteiger partial charge < -0.3 is 9.40 Å². The zero-order chi connectivity index (χ0) is 38.7. The molecule has 5 aromatic carbocycles. The Bertz CT molecular complexity index is 2720. The van der Waals surface area contributed by atoms with Crippen LogP contribution < -0.4 is 4.40 Å². The Labute approximate surface area is 309 Å². The third kappa shape index (κ3) is 6.62. The van der Waals surface area contributed by atoms with Gasteiger partial charge in [-0.3, -0.25) is 0 Å². The van der Waals surface area contributed by atoms with Crippen LogP contribution >= 0.6 is 0 Å². The summed E-state index contributed by atoms with van der Waals surface area (Å²) < 4.78 is 63.8. The van der Waals surface area contributed by atoms with E-state index in [1.54, 1.807) is 6.07 Å². The molecule has 5 heteroatoms. The zero-order valence-electron chi connectivity index (χ0n) is 34.4. The molecule has 1 radical (unpaired) electrons. The molecule has 3 nitrogen and oxygen atoms in total. The number of hydrogen-bond donors (Lipinski definition) is 0. The molecule has 0 N–H and O–H groups in total. The van der Waals surface area contributed by atoms with Crippen molar-refractivity contribution >= 4 is 61.1 Å². The summed E-state index contributed by atoms with van der Waals surface area (Å²) in [6.07, 6.45) is 1.50. The molecule has 0 aliphatic rings. The molecule has 8 aromatic rings. The van der Waals surface area contributed by atoms with Gasteiger partial charge in [-0.15, -0.1) is 18.2 Å². The van der Waals surface area contributed by atoms with Crippen molar-refractivity contribution in [3.63, 3.8) is 0 Å². The van der Waals surface area contributed by atoms with Gasteiger partial charge in [0.25, 0.3) is 0 Å². The Morgan fingerprint density at radius 3 is 2.40 bits per heavy atom. The van der Waals surface area contributed by atoms with Gasteiger partial charge in [0.15, 0.2) is 0 Å². The topological polar surface area (TPSA) is 38.9 Å². The largest absolute Gasteiger partial charge is 0.501 e. The van der Waals surface area contributed by atoms with E-state index in [-0.39, 0.29) is 25.8 Å². The smallest absolute Gasteiger partial charge is 0.121 e. The standard InChI is InChI=1S/C26H16NO.C17H22GeN.Ir/c1-16-11-12-27-24(13-16)21-8-4-7-20-23-14-18-10-9-17-5-2-3-6-19(17)22(18)15-25(23)28-26(20)21;1-13(2)15-11-17(14-9-7-6-8-10-14)19-12-16(15)18(3,4)5;/h2-7,9-15H,1H3;6-9,11-13H,1-5H3;/q2*-1;/i1D3,11D,12D,13D;13D;. The van der Waals surface area contributed by atoms with Crippen molar-refractivity contribution in [3.8, 4) is 22.5 Å². The molecule has 0 aliphatic carbocycles. The molecule has 0 spiro atoms. The van der Waals surface area contributed by atoms with Crippen LogP contribution in [-0.4, -0.2) is 23.2 Å². The molecule has 48 heavy (non-hydrogen) atoms. The SMILES string of the molecule is [2H]C(C)(C)c1cc(-c2[c-]cccc2)nc[c]1[Ge]([CH3])([CH3])[CH3].[2H]c1nc(-c2[c-]ccc3c2oc2cc4c(ccc5ccccc54)cc23)c([2H])c(C([2H])([2H])[2H])c1[2H].[Ir]. The van der Waals surface area contributed by atoms with Crippen LogP contribution in [0.5, 0.6) is 0 Å². The second kappa shape index (κ2) is 13.8. The third-order valence-corrected chi connectivity index (χ3v) is 12.6. The summed E-state index contributed by atoms with van der Waals surface area (Å²) in [7, 11) is 0. The third-order valence-electron chi connectivity index (χ3n) is 8.36. The van der Waals surface area contributed by atoms with Crippen LogP contribution in [0.1, 0.15) is 40.5 Å². The minimum atomic E-state index is -2.72. The van der Waals surface area contributed by atoms with Crippen LogP contribution in [0.4, 0.5) is 0 Å². The van der Waals surface area contributed by atoms with Gasteiger partial charge in [0.05, 0.1) is 9.70 Å². The predicted molar refractivity (Wildman–Crippen MR) is 201 cm³/mol. The van der Waals surface area contributed by atoms with Crippen LogP contribution in [0.25, 0.3) is 66.0 Å². The molecule has 241 valence electrons. The molecule has 3 aromatic heterocycles. The number of fused-ring (bicyclic) bond motifs is 6. The fourth-order valence-electron chi connectivity index (χ4n) is 6.02. The quantitative estimate of drug-likeness (QED) is 0.100. The molecule has 0 fully saturated rings. The monoisotopic (exact) mass is 872 g/mol. The first-order valence-electron chi connectivity index (χ1n) is 19.1. The van der Waals surface area contributed by atoms with E-state index in [0.29, 0.717) is 16.7 Å². The van der Waals surface area contributed by atoms with Crippen molar-refractivity contribution in [2.24, 2.45) is 0 Å². The number of pyridine rings is 2. The average Bonchev–Trinajstić information content (AvgIpc) is 3.49. The Kier molecular flexibility index (Phi) is 7.44. The summed E-state index contributed by atoms with van der Waals surface area (Å²) in [6, 6.07) is 35.0. The summed E-state index contributed by atoms with van der Waals surface area (Å²) in [6.45, 7) is 1.19. The van der Waals surface area contributed by atoms with Gasteiger partial charge >= 0.3 is 120 Å². The number of furan rings is 1. The van der Waals surface area contributed by atoms with Crippen LogP contribution in [0.2, 0.25) is 17.3 Å². The molecule has 0 unspecified atom stereocenters. The van der Waals surface area contributed by atoms with Gasteiger partial charge in [-0.2, -0.15) is 0 Å². The van der Waals surface area contributed by atoms with Crippen LogP contribution in [0, 0.1) is 19.0 Å². The average molecular weight is 871 g/mol. The Hall–Kier alpha value is -4.09. The summed E-state index contributed by atoms with van der Waals surface area (Å²) in [5, 5.41) is 5.98.